The number of hydrogen-bond donors (Lipinski definition) is 1. The predicted molar refractivity (Wildman–Crippen MR) is 65.3 cm³/mol. The number of hydrogen-bond acceptors (Lipinski definition) is 2. The first-order valence-electron chi connectivity index (χ1n) is 6.92. The largest absolute Gasteiger partial charge is 0.338 e. The SMILES string of the molecule is NCC1CCCCN1C(=O)C1CCCC(F)(F)C1. The molecule has 5 heteroatoms. The van der Waals surface area contributed by atoms with Gasteiger partial charge in [0.25, 0.3) is 0 Å². The topological polar surface area (TPSA) is 46.3 Å². The lowest BCUT2D eigenvalue weighted by atomic mass is 9.84. The highest BCUT2D eigenvalue weighted by Crippen LogP contribution is 2.38. The number of nitrogens with zero attached hydrogens (tertiary/aromatic N) is 1. The standard InChI is InChI=1S/C13H22F2N2O/c14-13(15)6-3-4-10(8-13)12(18)17-7-2-1-5-11(17)9-16/h10-11H,1-9,16H2. The van der Waals surface area contributed by atoms with E-state index in [4.69, 9.17) is 5.73 Å². The van der Waals surface area contributed by atoms with Gasteiger partial charge in [-0.3, -0.25) is 4.79 Å². The summed E-state index contributed by atoms with van der Waals surface area (Å²) >= 11 is 0. The molecule has 0 radical (unpaired) electrons. The minimum atomic E-state index is -2.66. The van der Waals surface area contributed by atoms with Crippen LogP contribution < -0.4 is 5.73 Å². The van der Waals surface area contributed by atoms with Crippen LogP contribution in [0.25, 0.3) is 0 Å². The molecule has 1 saturated carbocycles. The molecule has 1 aliphatic carbocycles. The molecule has 2 unspecified atom stereocenters. The summed E-state index contributed by atoms with van der Waals surface area (Å²) in [5.41, 5.74) is 5.67. The predicted octanol–water partition coefficient (Wildman–Crippen LogP) is 2.15. The van der Waals surface area contributed by atoms with Crippen molar-refractivity contribution in [2.24, 2.45) is 11.7 Å². The third kappa shape index (κ3) is 2.99. The van der Waals surface area contributed by atoms with Crippen LogP contribution in [-0.2, 0) is 4.79 Å². The van der Waals surface area contributed by atoms with Crippen molar-refractivity contribution in [1.29, 1.82) is 0 Å². The smallest absolute Gasteiger partial charge is 0.248 e. The minimum Gasteiger partial charge on any atom is -0.338 e. The number of carbonyl (C=O) groups excluding carboxylic acids is 1. The normalized spacial score (nSPS) is 32.3. The van der Waals surface area contributed by atoms with E-state index in [1.807, 2.05) is 0 Å². The maximum atomic E-state index is 13.4. The number of amides is 1. The Hall–Kier alpha value is -0.710. The Labute approximate surface area is 107 Å². The van der Waals surface area contributed by atoms with Crippen LogP contribution in [0.1, 0.15) is 44.9 Å². The second-order valence-electron chi connectivity index (χ2n) is 5.57. The number of rotatable bonds is 2. The molecular weight excluding hydrogens is 238 g/mol. The van der Waals surface area contributed by atoms with Crippen LogP contribution in [-0.4, -0.2) is 35.9 Å². The summed E-state index contributed by atoms with van der Waals surface area (Å²) in [7, 11) is 0. The van der Waals surface area contributed by atoms with Gasteiger partial charge in [0.2, 0.25) is 11.8 Å². The molecule has 18 heavy (non-hydrogen) atoms. The molecule has 2 fully saturated rings. The van der Waals surface area contributed by atoms with Crippen molar-refractivity contribution in [3.8, 4) is 0 Å². The zero-order valence-corrected chi connectivity index (χ0v) is 10.7. The summed E-state index contributed by atoms with van der Waals surface area (Å²) in [5.74, 6) is -3.25. The zero-order chi connectivity index (χ0) is 13.2. The van der Waals surface area contributed by atoms with Gasteiger partial charge in [0.05, 0.1) is 0 Å². The van der Waals surface area contributed by atoms with E-state index in [0.717, 1.165) is 19.3 Å². The summed E-state index contributed by atoms with van der Waals surface area (Å²) in [6, 6.07) is 0.0572. The van der Waals surface area contributed by atoms with Crippen molar-refractivity contribution in [1.82, 2.24) is 4.90 Å². The molecule has 0 aromatic rings. The number of halogens is 2. The van der Waals surface area contributed by atoms with Crippen LogP contribution in [0.15, 0.2) is 0 Å². The van der Waals surface area contributed by atoms with E-state index < -0.39 is 11.8 Å². The van der Waals surface area contributed by atoms with Crippen LogP contribution in [0.3, 0.4) is 0 Å². The Balaban J connectivity index is 2.01. The third-order valence-electron chi connectivity index (χ3n) is 4.17. The summed E-state index contributed by atoms with van der Waals surface area (Å²) in [6.07, 6.45) is 3.65. The van der Waals surface area contributed by atoms with Crippen molar-refractivity contribution < 1.29 is 13.6 Å². The molecule has 1 amide bonds. The van der Waals surface area contributed by atoms with E-state index in [1.165, 1.54) is 0 Å². The fourth-order valence-corrected chi connectivity index (χ4v) is 3.15. The van der Waals surface area contributed by atoms with E-state index >= 15 is 0 Å². The first-order valence-corrected chi connectivity index (χ1v) is 6.92. The number of alkyl halides is 2. The van der Waals surface area contributed by atoms with Gasteiger partial charge in [-0.05, 0) is 32.1 Å². The van der Waals surface area contributed by atoms with E-state index in [9.17, 15) is 13.6 Å². The number of piperidine rings is 1. The molecule has 2 aliphatic rings. The van der Waals surface area contributed by atoms with E-state index in [-0.39, 0.29) is 24.8 Å². The molecule has 2 N–H and O–H groups in total. The molecule has 0 aromatic heterocycles. The number of likely N-dealkylation sites (tertiary alicyclic amines) is 1. The van der Waals surface area contributed by atoms with E-state index in [0.29, 0.717) is 25.9 Å². The number of nitrogens with two attached hydrogens (primary N) is 1. The highest BCUT2D eigenvalue weighted by Gasteiger charge is 2.41. The monoisotopic (exact) mass is 260 g/mol. The average molecular weight is 260 g/mol. The summed E-state index contributed by atoms with van der Waals surface area (Å²) in [6.45, 7) is 1.12. The fourth-order valence-electron chi connectivity index (χ4n) is 3.15. The quantitative estimate of drug-likeness (QED) is 0.827. The van der Waals surface area contributed by atoms with Gasteiger partial charge in [0.15, 0.2) is 0 Å². The second-order valence-corrected chi connectivity index (χ2v) is 5.57. The van der Waals surface area contributed by atoms with Crippen LogP contribution in [0, 0.1) is 5.92 Å². The van der Waals surface area contributed by atoms with Crippen LogP contribution >= 0.6 is 0 Å². The van der Waals surface area contributed by atoms with Crippen molar-refractivity contribution in [2.45, 2.75) is 56.9 Å². The van der Waals surface area contributed by atoms with Gasteiger partial charge in [-0.2, -0.15) is 0 Å². The maximum absolute atomic E-state index is 13.4. The first kappa shape index (κ1) is 13.7. The maximum Gasteiger partial charge on any atom is 0.248 e. The summed E-state index contributed by atoms with van der Waals surface area (Å²) in [5, 5.41) is 0. The molecule has 1 aliphatic heterocycles. The van der Waals surface area contributed by atoms with Gasteiger partial charge >= 0.3 is 0 Å². The van der Waals surface area contributed by atoms with Crippen molar-refractivity contribution in [3.63, 3.8) is 0 Å². The molecule has 2 atom stereocenters. The van der Waals surface area contributed by atoms with Crippen LogP contribution in [0.2, 0.25) is 0 Å². The van der Waals surface area contributed by atoms with Crippen molar-refractivity contribution >= 4 is 5.91 Å². The van der Waals surface area contributed by atoms with Gasteiger partial charge in [-0.15, -0.1) is 0 Å². The Morgan fingerprint density at radius 1 is 1.28 bits per heavy atom. The van der Waals surface area contributed by atoms with Gasteiger partial charge in [0, 0.05) is 37.9 Å². The molecule has 2 rings (SSSR count). The molecule has 104 valence electrons. The molecule has 0 spiro atoms. The Morgan fingerprint density at radius 3 is 2.72 bits per heavy atom. The molecule has 1 heterocycles. The van der Waals surface area contributed by atoms with Gasteiger partial charge in [0.1, 0.15) is 0 Å². The first-order chi connectivity index (χ1) is 8.53. The Bertz CT molecular complexity index is 309. The van der Waals surface area contributed by atoms with Crippen LogP contribution in [0.4, 0.5) is 8.78 Å². The average Bonchev–Trinajstić information content (AvgIpc) is 2.36. The Morgan fingerprint density at radius 2 is 2.06 bits per heavy atom. The molecule has 3 nitrogen and oxygen atoms in total. The van der Waals surface area contributed by atoms with Gasteiger partial charge in [-0.25, -0.2) is 8.78 Å². The zero-order valence-electron chi connectivity index (χ0n) is 10.7. The third-order valence-corrected chi connectivity index (χ3v) is 4.17. The molecule has 0 bridgehead atoms. The highest BCUT2D eigenvalue weighted by atomic mass is 19.3. The second kappa shape index (κ2) is 5.51. The number of carbonyl (C=O) groups is 1. The summed E-state index contributed by atoms with van der Waals surface area (Å²) < 4.78 is 26.7. The van der Waals surface area contributed by atoms with Crippen molar-refractivity contribution in [2.75, 3.05) is 13.1 Å². The lowest BCUT2D eigenvalue weighted by molar-refractivity contribution is -0.146. The lowest BCUT2D eigenvalue weighted by Gasteiger charge is -2.39. The van der Waals surface area contributed by atoms with Gasteiger partial charge < -0.3 is 10.6 Å². The molecular formula is C13H22F2N2O. The minimum absolute atomic E-state index is 0.0572. The fraction of sp³-hybridized carbons (Fsp3) is 0.923. The Kier molecular flexibility index (Phi) is 4.20. The van der Waals surface area contributed by atoms with Crippen LogP contribution in [0.5, 0.6) is 0 Å². The molecule has 1 saturated heterocycles. The van der Waals surface area contributed by atoms with E-state index in [2.05, 4.69) is 0 Å². The highest BCUT2D eigenvalue weighted by molar-refractivity contribution is 5.79. The summed E-state index contributed by atoms with van der Waals surface area (Å²) in [4.78, 5) is 14.1. The van der Waals surface area contributed by atoms with Crippen molar-refractivity contribution in [3.05, 3.63) is 0 Å². The van der Waals surface area contributed by atoms with E-state index in [1.54, 1.807) is 4.90 Å². The lowest BCUT2D eigenvalue weighted by Crippen LogP contribution is -2.50. The van der Waals surface area contributed by atoms with Gasteiger partial charge in [-0.1, -0.05) is 0 Å². The molecule has 0 aromatic carbocycles.